The first-order chi connectivity index (χ1) is 26.8. The average Bonchev–Trinajstić information content (AvgIpc) is 3.70. The summed E-state index contributed by atoms with van der Waals surface area (Å²) >= 11 is 0.814. The molecule has 1 aliphatic heterocycles. The van der Waals surface area contributed by atoms with Crippen molar-refractivity contribution >= 4 is 53.3 Å². The first-order valence-corrected chi connectivity index (χ1v) is 13.6. The van der Waals surface area contributed by atoms with Gasteiger partial charge in [0, 0.05) is 57.2 Å². The van der Waals surface area contributed by atoms with Gasteiger partial charge in [-0.25, -0.2) is 0 Å². The van der Waals surface area contributed by atoms with Gasteiger partial charge in [-0.3, -0.25) is 0 Å². The molecule has 0 N–H and O–H groups in total. The Kier molecular flexibility index (Phi) is 2.45. The topological polar surface area (TPSA) is 21.7 Å². The molecule has 0 amide bonds. The molecule has 4 heterocycles. The number of aromatic nitrogens is 3. The molecule has 0 spiro atoms. The van der Waals surface area contributed by atoms with Crippen molar-refractivity contribution in [2.75, 3.05) is 0 Å². The molecule has 0 unspecified atom stereocenters. The smallest absolute Gasteiger partial charge is 0.238 e. The van der Waals surface area contributed by atoms with E-state index in [1.54, 1.807) is 42.5 Å². The van der Waals surface area contributed by atoms with Crippen LogP contribution in [0.4, 0.5) is 0 Å². The molecule has 0 saturated carbocycles. The maximum Gasteiger partial charge on any atom is 0.238 e. The summed E-state index contributed by atoms with van der Waals surface area (Å²) in [5, 5.41) is 5.78. The fraction of sp³-hybridized carbons (Fsp3) is 0.0811. The molecular weight excluding hydrogens is 518 g/mol. The summed E-state index contributed by atoms with van der Waals surface area (Å²) in [5.41, 5.74) is -5.11. The Balaban J connectivity index is 1.57. The zero-order chi connectivity index (χ0) is 41.0. The van der Waals surface area contributed by atoms with Crippen molar-refractivity contribution in [2.24, 2.45) is 0 Å². The molecule has 41 heavy (non-hydrogen) atoms. The molecule has 0 aliphatic carbocycles. The second-order valence-corrected chi connectivity index (χ2v) is 10.9. The Bertz CT molecular complexity index is 3100. The molecule has 8 aromatic rings. The molecule has 0 bridgehead atoms. The molecule has 3 nitrogen and oxygen atoms in total. The van der Waals surface area contributed by atoms with Crippen molar-refractivity contribution in [3.63, 3.8) is 0 Å². The van der Waals surface area contributed by atoms with Crippen LogP contribution in [0.25, 0.3) is 64.6 Å². The summed E-state index contributed by atoms with van der Waals surface area (Å²) in [7, 11) is 0. The van der Waals surface area contributed by atoms with E-state index in [1.165, 1.54) is 10.8 Å². The van der Waals surface area contributed by atoms with Gasteiger partial charge in [0.25, 0.3) is 0 Å². The Morgan fingerprint density at radius 1 is 0.805 bits per heavy atom. The van der Waals surface area contributed by atoms with Crippen LogP contribution in [0.3, 0.4) is 0 Å². The number of rotatable bonds is 2. The minimum Gasteiger partial charge on any atom is -0.307 e. The van der Waals surface area contributed by atoms with Crippen LogP contribution >= 0.6 is 11.3 Å². The van der Waals surface area contributed by atoms with Crippen LogP contribution in [-0.2, 0) is 5.41 Å². The summed E-state index contributed by atoms with van der Waals surface area (Å²) in [4.78, 5) is 0. The summed E-state index contributed by atoms with van der Waals surface area (Å²) in [6, 6.07) is 9.52. The van der Waals surface area contributed by atoms with E-state index in [0.717, 1.165) is 16.0 Å². The molecule has 1 aliphatic rings. The maximum atomic E-state index is 9.88. The molecule has 0 saturated heterocycles. The second-order valence-electron chi connectivity index (χ2n) is 9.87. The minimum absolute atomic E-state index is 0.0359. The van der Waals surface area contributed by atoms with Gasteiger partial charge < -0.3 is 4.57 Å². The molecule has 4 heteroatoms. The summed E-state index contributed by atoms with van der Waals surface area (Å²) in [6.45, 7) is -7.25. The van der Waals surface area contributed by atoms with Gasteiger partial charge in [-0.05, 0) is 29.3 Å². The van der Waals surface area contributed by atoms with E-state index >= 15 is 0 Å². The Labute approximate surface area is 264 Å². The average molecular weight is 561 g/mol. The SMILES string of the molecule is [2H]c1c([2H])c(-[n+]2cc3ccccc3c(-c3ccccc3)n2)c([2H])c2c1-n1c3c(c([2H])c([2H])c([2H])c3c3sc4c([2H])c([2H])c([2H])c([2H])c4c31)C2(C([2H])([2H])[2H])C([2H])([2H])[2H]. The highest BCUT2D eigenvalue weighted by atomic mass is 32.1. The molecule has 0 radical (unpaired) electrons. The monoisotopic (exact) mass is 560 g/mol. The van der Waals surface area contributed by atoms with E-state index < -0.39 is 102 Å². The number of hydrogen-bond acceptors (Lipinski definition) is 2. The predicted octanol–water partition coefficient (Wildman–Crippen LogP) is 9.13. The lowest BCUT2D eigenvalue weighted by molar-refractivity contribution is -0.657. The van der Waals surface area contributed by atoms with Gasteiger partial charge in [0.2, 0.25) is 11.9 Å². The molecule has 9 rings (SSSR count). The molecule has 0 fully saturated rings. The highest BCUT2D eigenvalue weighted by Crippen LogP contribution is 2.50. The molecule has 3 aromatic heterocycles. The van der Waals surface area contributed by atoms with E-state index in [9.17, 15) is 5.48 Å². The fourth-order valence-electron chi connectivity index (χ4n) is 5.72. The van der Waals surface area contributed by atoms with Gasteiger partial charge in [0.1, 0.15) is 5.69 Å². The third-order valence-electron chi connectivity index (χ3n) is 7.55. The van der Waals surface area contributed by atoms with E-state index in [1.807, 2.05) is 12.1 Å². The van der Waals surface area contributed by atoms with Gasteiger partial charge >= 0.3 is 0 Å². The second kappa shape index (κ2) is 8.12. The van der Waals surface area contributed by atoms with Gasteiger partial charge in [0.15, 0.2) is 0 Å². The van der Waals surface area contributed by atoms with Crippen LogP contribution < -0.4 is 4.68 Å². The number of nitrogens with zero attached hydrogens (tertiary/aromatic N) is 3. The Morgan fingerprint density at radius 3 is 2.54 bits per heavy atom. The van der Waals surface area contributed by atoms with E-state index in [4.69, 9.17) is 21.5 Å². The minimum atomic E-state index is -3.63. The molecule has 5 aromatic carbocycles. The Hall–Kier alpha value is -4.80. The zero-order valence-corrected chi connectivity index (χ0v) is 21.8. The van der Waals surface area contributed by atoms with E-state index in [-0.39, 0.29) is 31.2 Å². The zero-order valence-electron chi connectivity index (χ0n) is 37.0. The van der Waals surface area contributed by atoms with Crippen LogP contribution in [0.2, 0.25) is 0 Å². The predicted molar refractivity (Wildman–Crippen MR) is 171 cm³/mol. The number of benzene rings is 5. The lowest BCUT2D eigenvalue weighted by Gasteiger charge is -2.34. The standard InChI is InChI=1S/C37H26N3S/c1-37(2)29-17-10-16-28-34(29)40(35-27-15-8-9-18-32(27)41-36(28)35)31-20-19-25(21-30(31)37)39-22-24-13-6-7-14-26(24)33(38-39)23-11-4-3-5-12-23/h3-22H,1-2H3/q+1/i1D3,2D3,8D,9D,10D,15D,16D,17D,18D,19D,20D,21D. The van der Waals surface area contributed by atoms with Crippen molar-refractivity contribution < 1.29 is 26.6 Å². The third kappa shape index (κ3) is 3.08. The maximum absolute atomic E-state index is 9.88. The molecular formula is C37H26N3S+. The van der Waals surface area contributed by atoms with Gasteiger partial charge in [0.05, 0.1) is 40.5 Å². The molecule has 194 valence electrons. The molecule has 0 atom stereocenters. The fourth-order valence-corrected chi connectivity index (χ4v) is 6.82. The summed E-state index contributed by atoms with van der Waals surface area (Å²) < 4.78 is 147. The largest absolute Gasteiger partial charge is 0.307 e. The summed E-state index contributed by atoms with van der Waals surface area (Å²) in [5.74, 6) is 0. The highest BCUT2D eigenvalue weighted by Gasteiger charge is 2.37. The quantitative estimate of drug-likeness (QED) is 0.193. The lowest BCUT2D eigenvalue weighted by Crippen LogP contribution is -2.36. The van der Waals surface area contributed by atoms with Crippen LogP contribution in [0.5, 0.6) is 0 Å². The van der Waals surface area contributed by atoms with Gasteiger partial charge in [-0.1, -0.05) is 103 Å². The number of para-hydroxylation sites is 1. The number of hydrogen-bond donors (Lipinski definition) is 0. The third-order valence-corrected chi connectivity index (χ3v) is 8.66. The number of fused-ring (bicyclic) bond motifs is 8. The first kappa shape index (κ1) is 12.4. The van der Waals surface area contributed by atoms with Crippen molar-refractivity contribution in [1.82, 2.24) is 9.67 Å². The summed E-state index contributed by atoms with van der Waals surface area (Å²) in [6.07, 6.45) is 1.49. The van der Waals surface area contributed by atoms with Crippen LogP contribution in [0.1, 0.15) is 46.8 Å². The Morgan fingerprint density at radius 2 is 1.63 bits per heavy atom. The first-order valence-electron chi connectivity index (χ1n) is 20.8. The van der Waals surface area contributed by atoms with Crippen LogP contribution in [0, 0.1) is 0 Å². The van der Waals surface area contributed by atoms with Crippen LogP contribution in [-0.4, -0.2) is 9.67 Å². The van der Waals surface area contributed by atoms with Crippen molar-refractivity contribution in [1.29, 1.82) is 0 Å². The van der Waals surface area contributed by atoms with Crippen molar-refractivity contribution in [2.45, 2.75) is 19.1 Å². The van der Waals surface area contributed by atoms with Crippen LogP contribution in [0.15, 0.2) is 121 Å². The number of thiophene rings is 1. The lowest BCUT2D eigenvalue weighted by atomic mass is 9.74. The van der Waals surface area contributed by atoms with Crippen molar-refractivity contribution in [3.05, 3.63) is 132 Å². The van der Waals surface area contributed by atoms with Crippen molar-refractivity contribution in [3.8, 4) is 22.6 Å². The van der Waals surface area contributed by atoms with Gasteiger partial charge in [-0.15, -0.1) is 11.3 Å². The van der Waals surface area contributed by atoms with Gasteiger partial charge in [-0.2, -0.15) is 0 Å². The highest BCUT2D eigenvalue weighted by molar-refractivity contribution is 7.26. The van der Waals surface area contributed by atoms with E-state index in [0.29, 0.717) is 22.0 Å². The van der Waals surface area contributed by atoms with E-state index in [2.05, 4.69) is 0 Å². The normalized spacial score (nSPS) is 20.0.